The number of hydrogen-bond donors (Lipinski definition) is 1. The Balaban J connectivity index is 2.59. The molecule has 0 amide bonds. The third kappa shape index (κ3) is 3.86. The largest absolute Gasteiger partial charge is 0.395 e. The van der Waals surface area contributed by atoms with E-state index >= 15 is 0 Å². The van der Waals surface area contributed by atoms with Crippen molar-refractivity contribution in [1.82, 2.24) is 14.5 Å². The maximum atomic E-state index is 12.3. The first-order chi connectivity index (χ1) is 7.67. The highest BCUT2D eigenvalue weighted by Crippen LogP contribution is 2.05. The Morgan fingerprint density at radius 2 is 2.31 bits per heavy atom. The Morgan fingerprint density at radius 3 is 2.88 bits per heavy atom. The van der Waals surface area contributed by atoms with Gasteiger partial charge in [-0.15, -0.1) is 0 Å². The molecule has 1 aromatic heterocycles. The van der Waals surface area contributed by atoms with Gasteiger partial charge in [0.25, 0.3) is 6.43 Å². The monoisotopic (exact) mass is 233 g/mol. The molecule has 1 N–H and O–H groups in total. The van der Waals surface area contributed by atoms with Crippen LogP contribution in [-0.2, 0) is 13.1 Å². The number of halogens is 2. The minimum atomic E-state index is -2.39. The van der Waals surface area contributed by atoms with Crippen LogP contribution in [0.1, 0.15) is 12.7 Å². The van der Waals surface area contributed by atoms with Crippen LogP contribution in [0.2, 0.25) is 0 Å². The quantitative estimate of drug-likeness (QED) is 0.762. The van der Waals surface area contributed by atoms with Crippen LogP contribution in [0.3, 0.4) is 0 Å². The fourth-order valence-electron chi connectivity index (χ4n) is 1.55. The molecule has 0 atom stereocenters. The smallest absolute Gasteiger partial charge is 0.251 e. The lowest BCUT2D eigenvalue weighted by Crippen LogP contribution is -2.32. The lowest BCUT2D eigenvalue weighted by atomic mass is 10.4. The van der Waals surface area contributed by atoms with Crippen LogP contribution >= 0.6 is 0 Å². The van der Waals surface area contributed by atoms with Gasteiger partial charge in [0, 0.05) is 25.5 Å². The summed E-state index contributed by atoms with van der Waals surface area (Å²) in [5.41, 5.74) is 0. The van der Waals surface area contributed by atoms with Crippen LogP contribution in [0.4, 0.5) is 8.78 Å². The third-order valence-corrected chi connectivity index (χ3v) is 2.32. The van der Waals surface area contributed by atoms with Crippen molar-refractivity contribution in [2.75, 3.05) is 19.7 Å². The molecule has 0 saturated heterocycles. The van der Waals surface area contributed by atoms with Gasteiger partial charge in [-0.2, -0.15) is 0 Å². The number of rotatable bonds is 7. The van der Waals surface area contributed by atoms with E-state index in [9.17, 15) is 8.78 Å². The molecule has 0 unspecified atom stereocenters. The fourth-order valence-corrected chi connectivity index (χ4v) is 1.55. The van der Waals surface area contributed by atoms with E-state index in [2.05, 4.69) is 4.98 Å². The average Bonchev–Trinajstić information content (AvgIpc) is 2.64. The Labute approximate surface area is 93.5 Å². The number of aryl methyl sites for hydroxylation is 1. The van der Waals surface area contributed by atoms with Crippen LogP contribution in [0.15, 0.2) is 12.4 Å². The predicted octanol–water partition coefficient (Wildman–Crippen LogP) is 0.962. The standard InChI is InChI=1S/C10H17F2N3O/c1-2-15-4-3-13-10(15)8-14(5-6-16)7-9(11)12/h3-4,9,16H,2,5-8H2,1H3. The molecule has 0 spiro atoms. The highest BCUT2D eigenvalue weighted by atomic mass is 19.3. The molecule has 1 rings (SSSR count). The molecule has 0 bridgehead atoms. The van der Waals surface area contributed by atoms with Gasteiger partial charge < -0.3 is 9.67 Å². The molecule has 0 radical (unpaired) electrons. The molecule has 1 aromatic rings. The molecule has 0 aliphatic heterocycles. The van der Waals surface area contributed by atoms with Crippen LogP contribution in [0, 0.1) is 0 Å². The van der Waals surface area contributed by atoms with Crippen molar-refractivity contribution in [2.24, 2.45) is 0 Å². The molecule has 0 fully saturated rings. The number of alkyl halides is 2. The first kappa shape index (κ1) is 13.1. The molecule has 0 saturated carbocycles. The molecular weight excluding hydrogens is 216 g/mol. The lowest BCUT2D eigenvalue weighted by Gasteiger charge is -2.20. The second kappa shape index (κ2) is 6.55. The minimum absolute atomic E-state index is 0.125. The summed E-state index contributed by atoms with van der Waals surface area (Å²) < 4.78 is 26.4. The number of hydrogen-bond acceptors (Lipinski definition) is 3. The molecule has 0 aromatic carbocycles. The molecular formula is C10H17F2N3O. The number of nitrogens with zero attached hydrogens (tertiary/aromatic N) is 3. The van der Waals surface area contributed by atoms with Crippen LogP contribution in [0.25, 0.3) is 0 Å². The maximum absolute atomic E-state index is 12.3. The highest BCUT2D eigenvalue weighted by molar-refractivity contribution is 4.92. The number of aliphatic hydroxyl groups excluding tert-OH is 1. The van der Waals surface area contributed by atoms with Crippen LogP contribution in [-0.4, -0.2) is 45.7 Å². The zero-order valence-corrected chi connectivity index (χ0v) is 9.31. The van der Waals surface area contributed by atoms with E-state index in [0.717, 1.165) is 12.4 Å². The fraction of sp³-hybridized carbons (Fsp3) is 0.700. The Bertz CT molecular complexity index is 304. The normalized spacial score (nSPS) is 11.6. The highest BCUT2D eigenvalue weighted by Gasteiger charge is 2.14. The van der Waals surface area contributed by atoms with Crippen molar-refractivity contribution in [2.45, 2.75) is 26.4 Å². The second-order valence-corrected chi connectivity index (χ2v) is 3.48. The molecule has 16 heavy (non-hydrogen) atoms. The van der Waals surface area contributed by atoms with Crippen molar-refractivity contribution in [1.29, 1.82) is 0 Å². The van der Waals surface area contributed by atoms with Gasteiger partial charge in [-0.25, -0.2) is 13.8 Å². The van der Waals surface area contributed by atoms with Gasteiger partial charge in [-0.1, -0.05) is 0 Å². The number of aromatic nitrogens is 2. The zero-order chi connectivity index (χ0) is 12.0. The van der Waals surface area contributed by atoms with Crippen LogP contribution in [0.5, 0.6) is 0 Å². The van der Waals surface area contributed by atoms with Gasteiger partial charge in [-0.05, 0) is 6.92 Å². The van der Waals surface area contributed by atoms with Gasteiger partial charge in [0.1, 0.15) is 5.82 Å². The lowest BCUT2D eigenvalue weighted by molar-refractivity contribution is 0.0728. The van der Waals surface area contributed by atoms with Gasteiger partial charge in [-0.3, -0.25) is 4.90 Å². The molecule has 4 nitrogen and oxygen atoms in total. The summed E-state index contributed by atoms with van der Waals surface area (Å²) in [7, 11) is 0. The third-order valence-electron chi connectivity index (χ3n) is 2.32. The van der Waals surface area contributed by atoms with E-state index in [4.69, 9.17) is 5.11 Å². The second-order valence-electron chi connectivity index (χ2n) is 3.48. The van der Waals surface area contributed by atoms with E-state index in [1.807, 2.05) is 17.7 Å². The summed E-state index contributed by atoms with van der Waals surface area (Å²) in [5, 5.41) is 8.79. The minimum Gasteiger partial charge on any atom is -0.395 e. The van der Waals surface area contributed by atoms with E-state index in [0.29, 0.717) is 6.54 Å². The maximum Gasteiger partial charge on any atom is 0.251 e. The number of aliphatic hydroxyl groups is 1. The summed E-state index contributed by atoms with van der Waals surface area (Å²) in [6.45, 7) is 2.84. The first-order valence-electron chi connectivity index (χ1n) is 5.28. The number of imidazole rings is 1. The molecule has 0 aliphatic rings. The van der Waals surface area contributed by atoms with E-state index in [-0.39, 0.29) is 19.7 Å². The van der Waals surface area contributed by atoms with Crippen molar-refractivity contribution in [3.63, 3.8) is 0 Å². The molecule has 92 valence electrons. The van der Waals surface area contributed by atoms with Gasteiger partial charge in [0.05, 0.1) is 19.7 Å². The SMILES string of the molecule is CCn1ccnc1CN(CCO)CC(F)F. The van der Waals surface area contributed by atoms with Crippen molar-refractivity contribution in [3.05, 3.63) is 18.2 Å². The van der Waals surface area contributed by atoms with Crippen LogP contribution < -0.4 is 0 Å². The molecule has 1 heterocycles. The zero-order valence-electron chi connectivity index (χ0n) is 9.31. The van der Waals surface area contributed by atoms with Gasteiger partial charge >= 0.3 is 0 Å². The Morgan fingerprint density at radius 1 is 1.56 bits per heavy atom. The average molecular weight is 233 g/mol. The van der Waals surface area contributed by atoms with Gasteiger partial charge in [0.2, 0.25) is 0 Å². The van der Waals surface area contributed by atoms with Crippen molar-refractivity contribution in [3.8, 4) is 0 Å². The summed E-state index contributed by atoms with van der Waals surface area (Å²) in [6, 6.07) is 0. The van der Waals surface area contributed by atoms with E-state index in [1.54, 1.807) is 6.20 Å². The topological polar surface area (TPSA) is 41.3 Å². The van der Waals surface area contributed by atoms with Crippen molar-refractivity contribution < 1.29 is 13.9 Å². The van der Waals surface area contributed by atoms with Gasteiger partial charge in [0.15, 0.2) is 0 Å². The molecule has 6 heteroatoms. The predicted molar refractivity (Wildman–Crippen MR) is 56.3 cm³/mol. The summed E-state index contributed by atoms with van der Waals surface area (Å²) >= 11 is 0. The summed E-state index contributed by atoms with van der Waals surface area (Å²) in [4.78, 5) is 5.61. The first-order valence-corrected chi connectivity index (χ1v) is 5.28. The Hall–Kier alpha value is -1.01. The summed E-state index contributed by atoms with van der Waals surface area (Å²) in [5.74, 6) is 0.747. The van der Waals surface area contributed by atoms with E-state index in [1.165, 1.54) is 4.90 Å². The summed E-state index contributed by atoms with van der Waals surface area (Å²) in [6.07, 6.45) is 1.07. The van der Waals surface area contributed by atoms with Crippen molar-refractivity contribution >= 4 is 0 Å². The molecule has 0 aliphatic carbocycles. The Kier molecular flexibility index (Phi) is 5.34. The van der Waals surface area contributed by atoms with E-state index < -0.39 is 6.43 Å².